The molecule has 2 amide bonds. The largest absolute Gasteiger partial charge is 0.445 e. The first kappa shape index (κ1) is 26.3. The van der Waals surface area contributed by atoms with E-state index >= 15 is 0 Å². The number of unbranched alkanes of at least 4 members (excludes halogenated alkanes) is 1. The molecule has 0 radical (unpaired) electrons. The number of nitrogens with one attached hydrogen (secondary N) is 2. The Morgan fingerprint density at radius 1 is 1.03 bits per heavy atom. The monoisotopic (exact) mass is 518 g/mol. The zero-order chi connectivity index (χ0) is 25.1. The second-order valence-corrected chi connectivity index (χ2v) is 9.54. The van der Waals surface area contributed by atoms with Crippen LogP contribution in [0.5, 0.6) is 0 Å². The summed E-state index contributed by atoms with van der Waals surface area (Å²) in [7, 11) is -4.03. The van der Waals surface area contributed by atoms with E-state index in [9.17, 15) is 18.0 Å². The Hall–Kier alpha value is -3.32. The maximum absolute atomic E-state index is 12.9. The van der Waals surface area contributed by atoms with Crippen LogP contribution < -0.4 is 15.8 Å². The standard InChI is InChI=1S/C23H26N4O6S2/c24-35(30,31)33-14-8-7-13-19(26-23(29)32-15-17-9-3-1-4-10-17)21(28)27-22-25-20(16-34-22)18-11-5-2-6-12-18/h1-6,9-12,16,19H,7-8,13-15H2,(H,26,29)(H2,24,30,31)(H,25,27,28)/t19-/m0/s1. The highest BCUT2D eigenvalue weighted by molar-refractivity contribution is 7.84. The average molecular weight is 519 g/mol. The lowest BCUT2D eigenvalue weighted by atomic mass is 10.1. The third-order valence-electron chi connectivity index (χ3n) is 4.76. The number of nitrogens with zero attached hydrogens (tertiary/aromatic N) is 1. The third-order valence-corrected chi connectivity index (χ3v) is 6.01. The smallest absolute Gasteiger partial charge is 0.408 e. The lowest BCUT2D eigenvalue weighted by Crippen LogP contribution is -2.44. The topological polar surface area (TPSA) is 150 Å². The zero-order valence-corrected chi connectivity index (χ0v) is 20.4. The fourth-order valence-electron chi connectivity index (χ4n) is 3.07. The van der Waals surface area contributed by atoms with Crippen LogP contribution in [0, 0.1) is 0 Å². The highest BCUT2D eigenvalue weighted by Gasteiger charge is 2.22. The first-order valence-electron chi connectivity index (χ1n) is 10.8. The van der Waals surface area contributed by atoms with Crippen molar-refractivity contribution >= 4 is 38.8 Å². The molecule has 4 N–H and O–H groups in total. The average Bonchev–Trinajstić information content (AvgIpc) is 3.31. The number of carbonyl (C=O) groups excluding carboxylic acids is 2. The molecule has 0 unspecified atom stereocenters. The van der Waals surface area contributed by atoms with Gasteiger partial charge in [0.15, 0.2) is 5.13 Å². The van der Waals surface area contributed by atoms with Gasteiger partial charge < -0.3 is 15.4 Å². The number of rotatable bonds is 12. The van der Waals surface area contributed by atoms with Crippen molar-refractivity contribution < 1.29 is 26.9 Å². The normalized spacial score (nSPS) is 12.0. The van der Waals surface area contributed by atoms with Gasteiger partial charge in [-0.05, 0) is 24.8 Å². The summed E-state index contributed by atoms with van der Waals surface area (Å²) in [5.41, 5.74) is 2.44. The van der Waals surface area contributed by atoms with Gasteiger partial charge in [-0.15, -0.1) is 11.3 Å². The fraction of sp³-hybridized carbons (Fsp3) is 0.261. The van der Waals surface area contributed by atoms with Gasteiger partial charge in [0.1, 0.15) is 12.6 Å². The van der Waals surface area contributed by atoms with Crippen LogP contribution in [0.15, 0.2) is 66.0 Å². The van der Waals surface area contributed by atoms with E-state index in [-0.39, 0.29) is 19.6 Å². The van der Waals surface area contributed by atoms with Gasteiger partial charge in [0, 0.05) is 10.9 Å². The molecule has 12 heteroatoms. The summed E-state index contributed by atoms with van der Waals surface area (Å²) < 4.78 is 31.5. The number of carbonyl (C=O) groups is 2. The molecule has 35 heavy (non-hydrogen) atoms. The van der Waals surface area contributed by atoms with Crippen molar-refractivity contribution in [1.29, 1.82) is 0 Å². The van der Waals surface area contributed by atoms with Crippen LogP contribution in [0.4, 0.5) is 9.93 Å². The number of hydrogen-bond donors (Lipinski definition) is 3. The number of alkyl carbamates (subject to hydrolysis) is 1. The molecule has 0 aliphatic heterocycles. The maximum Gasteiger partial charge on any atom is 0.408 e. The van der Waals surface area contributed by atoms with Crippen LogP contribution in [0.1, 0.15) is 24.8 Å². The highest BCUT2D eigenvalue weighted by atomic mass is 32.2. The van der Waals surface area contributed by atoms with Gasteiger partial charge in [-0.2, -0.15) is 8.42 Å². The van der Waals surface area contributed by atoms with E-state index in [1.807, 2.05) is 66.0 Å². The first-order valence-corrected chi connectivity index (χ1v) is 13.1. The summed E-state index contributed by atoms with van der Waals surface area (Å²) in [5, 5.41) is 12.3. The molecule has 0 saturated heterocycles. The van der Waals surface area contributed by atoms with Crippen molar-refractivity contribution in [3.05, 3.63) is 71.6 Å². The molecule has 10 nitrogen and oxygen atoms in total. The lowest BCUT2D eigenvalue weighted by molar-refractivity contribution is -0.118. The molecule has 0 bridgehead atoms. The number of ether oxygens (including phenoxy) is 1. The van der Waals surface area contributed by atoms with E-state index in [2.05, 4.69) is 19.8 Å². The van der Waals surface area contributed by atoms with E-state index in [4.69, 9.17) is 9.88 Å². The highest BCUT2D eigenvalue weighted by Crippen LogP contribution is 2.24. The lowest BCUT2D eigenvalue weighted by Gasteiger charge is -2.17. The van der Waals surface area contributed by atoms with Crippen LogP contribution in [-0.4, -0.2) is 38.1 Å². The van der Waals surface area contributed by atoms with Crippen LogP contribution in [0.25, 0.3) is 11.3 Å². The molecule has 0 spiro atoms. The minimum Gasteiger partial charge on any atom is -0.445 e. The van der Waals surface area contributed by atoms with Gasteiger partial charge in [-0.3, -0.25) is 8.98 Å². The molecule has 3 aromatic rings. The van der Waals surface area contributed by atoms with E-state index in [0.717, 1.165) is 16.8 Å². The number of aromatic nitrogens is 1. The van der Waals surface area contributed by atoms with Crippen molar-refractivity contribution in [3.8, 4) is 11.3 Å². The number of benzene rings is 2. The van der Waals surface area contributed by atoms with Gasteiger partial charge >= 0.3 is 16.4 Å². The van der Waals surface area contributed by atoms with Crippen LogP contribution in [-0.2, 0) is 30.6 Å². The molecular formula is C23H26N4O6S2. The van der Waals surface area contributed by atoms with Crippen LogP contribution in [0.2, 0.25) is 0 Å². The van der Waals surface area contributed by atoms with Crippen molar-refractivity contribution in [3.63, 3.8) is 0 Å². The number of thiazole rings is 1. The maximum atomic E-state index is 12.9. The van der Waals surface area contributed by atoms with E-state index in [0.29, 0.717) is 18.0 Å². The van der Waals surface area contributed by atoms with E-state index in [1.165, 1.54) is 11.3 Å². The predicted molar refractivity (Wildman–Crippen MR) is 133 cm³/mol. The van der Waals surface area contributed by atoms with Gasteiger partial charge in [-0.1, -0.05) is 60.7 Å². The number of anilines is 1. The molecule has 186 valence electrons. The summed E-state index contributed by atoms with van der Waals surface area (Å²) >= 11 is 1.26. The molecule has 1 aromatic heterocycles. The molecule has 0 aliphatic carbocycles. The number of hydrogen-bond acceptors (Lipinski definition) is 8. The summed E-state index contributed by atoms with van der Waals surface area (Å²) in [6, 6.07) is 17.7. The molecule has 0 saturated carbocycles. The second-order valence-electron chi connectivity index (χ2n) is 7.46. The Morgan fingerprint density at radius 2 is 1.71 bits per heavy atom. The molecule has 0 aliphatic rings. The Morgan fingerprint density at radius 3 is 2.40 bits per heavy atom. The van der Waals surface area contributed by atoms with Crippen molar-refractivity contribution in [1.82, 2.24) is 10.3 Å². The third kappa shape index (κ3) is 9.45. The van der Waals surface area contributed by atoms with Crippen molar-refractivity contribution in [2.24, 2.45) is 5.14 Å². The quantitative estimate of drug-likeness (QED) is 0.311. The molecule has 1 heterocycles. The molecular weight excluding hydrogens is 492 g/mol. The number of amides is 2. The van der Waals surface area contributed by atoms with Gasteiger partial charge in [0.2, 0.25) is 5.91 Å². The predicted octanol–water partition coefficient (Wildman–Crippen LogP) is 3.43. The van der Waals surface area contributed by atoms with Crippen LogP contribution in [0.3, 0.4) is 0 Å². The molecule has 0 fully saturated rings. The van der Waals surface area contributed by atoms with E-state index in [1.54, 1.807) is 0 Å². The van der Waals surface area contributed by atoms with Crippen LogP contribution >= 0.6 is 11.3 Å². The summed E-state index contributed by atoms with van der Waals surface area (Å²) in [5.74, 6) is -0.469. The Labute approximate surface area is 207 Å². The minimum atomic E-state index is -4.03. The fourth-order valence-corrected chi connectivity index (χ4v) is 4.14. The van der Waals surface area contributed by atoms with E-state index < -0.39 is 28.3 Å². The Kier molecular flexibility index (Phi) is 9.73. The summed E-state index contributed by atoms with van der Waals surface area (Å²) in [6.07, 6.45) is 0.173. The number of nitrogens with two attached hydrogens (primary N) is 1. The Balaban J connectivity index is 1.59. The van der Waals surface area contributed by atoms with Crippen molar-refractivity contribution in [2.45, 2.75) is 31.9 Å². The Bertz CT molecular complexity index is 1200. The first-order chi connectivity index (χ1) is 16.8. The van der Waals surface area contributed by atoms with Gasteiger partial charge in [0.05, 0.1) is 12.3 Å². The summed E-state index contributed by atoms with van der Waals surface area (Å²) in [6.45, 7) is -0.0747. The molecule has 3 rings (SSSR count). The molecule has 1 atom stereocenters. The zero-order valence-electron chi connectivity index (χ0n) is 18.8. The SMILES string of the molecule is NS(=O)(=O)OCCCC[C@H](NC(=O)OCc1ccccc1)C(=O)Nc1nc(-c2ccccc2)cs1. The minimum absolute atomic E-state index is 0.0517. The van der Waals surface area contributed by atoms with Crippen molar-refractivity contribution in [2.75, 3.05) is 11.9 Å². The van der Waals surface area contributed by atoms with Gasteiger partial charge in [-0.25, -0.2) is 14.9 Å². The van der Waals surface area contributed by atoms with Gasteiger partial charge in [0.25, 0.3) is 0 Å². The second kappa shape index (κ2) is 13.0. The summed E-state index contributed by atoms with van der Waals surface area (Å²) in [4.78, 5) is 29.7. The molecule has 2 aromatic carbocycles.